The molecule has 3 atom stereocenters. The van der Waals surface area contributed by atoms with E-state index in [1.165, 1.54) is 63.6 Å². The van der Waals surface area contributed by atoms with Gasteiger partial charge in [-0.25, -0.2) is 0 Å². The van der Waals surface area contributed by atoms with Crippen LogP contribution in [0.3, 0.4) is 0 Å². The number of rotatable bonds is 5. The number of halogens is 1. The van der Waals surface area contributed by atoms with E-state index < -0.39 is 0 Å². The minimum Gasteiger partial charge on any atom is -0.497 e. The number of hydrogen-bond donors (Lipinski definition) is 0. The predicted octanol–water partition coefficient (Wildman–Crippen LogP) is 4.85. The van der Waals surface area contributed by atoms with Gasteiger partial charge >= 0.3 is 0 Å². The van der Waals surface area contributed by atoms with E-state index in [1.807, 2.05) is 7.11 Å². The molecule has 0 bridgehead atoms. The maximum absolute atomic E-state index is 6.00. The molecule has 1 unspecified atom stereocenters. The van der Waals surface area contributed by atoms with E-state index in [-0.39, 0.29) is 18.5 Å². The van der Waals surface area contributed by atoms with Crippen LogP contribution in [0.5, 0.6) is 5.75 Å². The molecule has 0 radical (unpaired) electrons. The van der Waals surface area contributed by atoms with Crippen LogP contribution in [-0.4, -0.2) is 38.3 Å². The Morgan fingerprint density at radius 2 is 1.58 bits per heavy atom. The van der Waals surface area contributed by atoms with Crippen molar-refractivity contribution >= 4 is 12.4 Å². The lowest BCUT2D eigenvalue weighted by molar-refractivity contribution is -0.0204. The van der Waals surface area contributed by atoms with Crippen molar-refractivity contribution in [3.63, 3.8) is 0 Å². The average Bonchev–Trinajstić information content (AvgIpc) is 2.64. The molecule has 3 nitrogen and oxygen atoms in total. The van der Waals surface area contributed by atoms with E-state index in [1.54, 1.807) is 7.11 Å². The molecule has 4 heteroatoms. The maximum Gasteiger partial charge on any atom is 0.118 e. The van der Waals surface area contributed by atoms with Crippen molar-refractivity contribution < 1.29 is 9.47 Å². The van der Waals surface area contributed by atoms with E-state index in [0.29, 0.717) is 12.0 Å². The Kier molecular flexibility index (Phi) is 7.86. The summed E-state index contributed by atoms with van der Waals surface area (Å²) in [6.07, 6.45) is 9.66. The SMILES string of the molecule is COc1ccc(C(OC)[C@H]2CCCC[C@H]2N2CCCCC2)cc1.Cl. The summed E-state index contributed by atoms with van der Waals surface area (Å²) >= 11 is 0. The molecule has 1 saturated carbocycles. The first-order valence-corrected chi connectivity index (χ1v) is 9.24. The average molecular weight is 354 g/mol. The Morgan fingerprint density at radius 1 is 0.917 bits per heavy atom. The van der Waals surface area contributed by atoms with Crippen molar-refractivity contribution in [3.8, 4) is 5.75 Å². The van der Waals surface area contributed by atoms with Crippen molar-refractivity contribution in [1.82, 2.24) is 4.90 Å². The van der Waals surface area contributed by atoms with Crippen LogP contribution >= 0.6 is 12.4 Å². The minimum absolute atomic E-state index is 0. The van der Waals surface area contributed by atoms with Crippen LogP contribution in [-0.2, 0) is 4.74 Å². The second kappa shape index (κ2) is 9.65. The fourth-order valence-electron chi connectivity index (χ4n) is 4.55. The van der Waals surface area contributed by atoms with Crippen molar-refractivity contribution in [2.75, 3.05) is 27.3 Å². The van der Waals surface area contributed by atoms with E-state index >= 15 is 0 Å². The molecule has 24 heavy (non-hydrogen) atoms. The first kappa shape index (κ1) is 19.6. The third-order valence-corrected chi connectivity index (χ3v) is 5.73. The molecule has 0 aromatic heterocycles. The molecule has 1 heterocycles. The second-order valence-electron chi connectivity index (χ2n) is 7.04. The zero-order chi connectivity index (χ0) is 16.1. The molecule has 0 N–H and O–H groups in total. The number of methoxy groups -OCH3 is 2. The monoisotopic (exact) mass is 353 g/mol. The van der Waals surface area contributed by atoms with Crippen LogP contribution in [0.2, 0.25) is 0 Å². The fraction of sp³-hybridized carbons (Fsp3) is 0.700. The summed E-state index contributed by atoms with van der Waals surface area (Å²) in [5.74, 6) is 1.53. The highest BCUT2D eigenvalue weighted by molar-refractivity contribution is 5.85. The van der Waals surface area contributed by atoms with Crippen LogP contribution in [0.15, 0.2) is 24.3 Å². The maximum atomic E-state index is 6.00. The molecule has 2 aliphatic rings. The van der Waals surface area contributed by atoms with E-state index in [2.05, 4.69) is 29.2 Å². The largest absolute Gasteiger partial charge is 0.497 e. The molecule has 0 amide bonds. The highest BCUT2D eigenvalue weighted by Gasteiger charge is 2.36. The highest BCUT2D eigenvalue weighted by Crippen LogP contribution is 2.40. The van der Waals surface area contributed by atoms with Gasteiger partial charge in [-0.3, -0.25) is 0 Å². The molecule has 1 aliphatic carbocycles. The normalized spacial score (nSPS) is 26.4. The molecule has 1 aromatic rings. The predicted molar refractivity (Wildman–Crippen MR) is 101 cm³/mol. The van der Waals surface area contributed by atoms with E-state index in [9.17, 15) is 0 Å². The summed E-state index contributed by atoms with van der Waals surface area (Å²) in [4.78, 5) is 2.75. The summed E-state index contributed by atoms with van der Waals surface area (Å²) in [6, 6.07) is 9.15. The fourth-order valence-corrected chi connectivity index (χ4v) is 4.55. The number of hydrogen-bond acceptors (Lipinski definition) is 3. The Labute approximate surface area is 153 Å². The van der Waals surface area contributed by atoms with Gasteiger partial charge in [0.25, 0.3) is 0 Å². The summed E-state index contributed by atoms with van der Waals surface area (Å²) in [5.41, 5.74) is 1.29. The summed E-state index contributed by atoms with van der Waals surface area (Å²) < 4.78 is 11.3. The van der Waals surface area contributed by atoms with Gasteiger partial charge in [0, 0.05) is 19.1 Å². The second-order valence-corrected chi connectivity index (χ2v) is 7.04. The lowest BCUT2D eigenvalue weighted by Gasteiger charge is -2.44. The summed E-state index contributed by atoms with van der Waals surface area (Å²) in [7, 11) is 3.59. The number of likely N-dealkylation sites (tertiary alicyclic amines) is 1. The van der Waals surface area contributed by atoms with Gasteiger partial charge in [-0.1, -0.05) is 31.4 Å². The minimum atomic E-state index is 0. The van der Waals surface area contributed by atoms with Gasteiger partial charge in [-0.05, 0) is 56.5 Å². The lowest BCUT2D eigenvalue weighted by Crippen LogP contribution is -2.47. The third kappa shape index (κ3) is 4.44. The number of benzene rings is 1. The number of ether oxygens (including phenoxy) is 2. The summed E-state index contributed by atoms with van der Waals surface area (Å²) in [6.45, 7) is 2.56. The van der Waals surface area contributed by atoms with Crippen molar-refractivity contribution in [2.45, 2.75) is 57.1 Å². The molecule has 1 aromatic carbocycles. The third-order valence-electron chi connectivity index (χ3n) is 5.73. The van der Waals surface area contributed by atoms with Crippen LogP contribution in [0, 0.1) is 5.92 Å². The molecule has 0 spiro atoms. The smallest absolute Gasteiger partial charge is 0.118 e. The molecule has 1 saturated heterocycles. The van der Waals surface area contributed by atoms with Gasteiger partial charge in [0.2, 0.25) is 0 Å². The van der Waals surface area contributed by atoms with E-state index in [4.69, 9.17) is 9.47 Å². The Hall–Kier alpha value is -0.770. The van der Waals surface area contributed by atoms with E-state index in [0.717, 1.165) is 5.75 Å². The van der Waals surface area contributed by atoms with Crippen molar-refractivity contribution in [3.05, 3.63) is 29.8 Å². The first-order valence-electron chi connectivity index (χ1n) is 9.24. The quantitative estimate of drug-likeness (QED) is 0.755. The van der Waals surface area contributed by atoms with Crippen molar-refractivity contribution in [1.29, 1.82) is 0 Å². The molecular formula is C20H32ClNO2. The Bertz CT molecular complexity index is 473. The molecule has 1 aliphatic heterocycles. The Balaban J connectivity index is 0.00000208. The van der Waals surface area contributed by atoms with Gasteiger partial charge in [0.05, 0.1) is 13.2 Å². The topological polar surface area (TPSA) is 21.7 Å². The Morgan fingerprint density at radius 3 is 2.21 bits per heavy atom. The standard InChI is InChI=1S/C20H31NO2.ClH/c1-22-17-12-10-16(11-13-17)20(23-2)18-8-4-5-9-19(18)21-14-6-3-7-15-21;/h10-13,18-20H,3-9,14-15H2,1-2H3;1H/t18-,19+,20?;/m0./s1. The van der Waals surface area contributed by atoms with Gasteiger partial charge in [-0.2, -0.15) is 0 Å². The van der Waals surface area contributed by atoms with Gasteiger partial charge < -0.3 is 14.4 Å². The first-order chi connectivity index (χ1) is 11.3. The molecule has 2 fully saturated rings. The van der Waals surface area contributed by atoms with Crippen LogP contribution in [0.4, 0.5) is 0 Å². The van der Waals surface area contributed by atoms with Crippen LogP contribution < -0.4 is 4.74 Å². The van der Waals surface area contributed by atoms with Gasteiger partial charge in [-0.15, -0.1) is 12.4 Å². The molecular weight excluding hydrogens is 322 g/mol. The number of nitrogens with zero attached hydrogens (tertiary/aromatic N) is 1. The molecule has 136 valence electrons. The molecule has 3 rings (SSSR count). The highest BCUT2D eigenvalue weighted by atomic mass is 35.5. The van der Waals surface area contributed by atoms with Gasteiger partial charge in [0.15, 0.2) is 0 Å². The summed E-state index contributed by atoms with van der Waals surface area (Å²) in [5, 5.41) is 0. The number of piperidine rings is 1. The van der Waals surface area contributed by atoms with Gasteiger partial charge in [0.1, 0.15) is 5.75 Å². The lowest BCUT2D eigenvalue weighted by atomic mass is 9.77. The zero-order valence-electron chi connectivity index (χ0n) is 15.1. The van der Waals surface area contributed by atoms with Crippen molar-refractivity contribution in [2.24, 2.45) is 5.92 Å². The van der Waals surface area contributed by atoms with Crippen LogP contribution in [0.1, 0.15) is 56.6 Å². The zero-order valence-corrected chi connectivity index (χ0v) is 15.9. The van der Waals surface area contributed by atoms with Crippen LogP contribution in [0.25, 0.3) is 0 Å².